The van der Waals surface area contributed by atoms with E-state index in [4.69, 9.17) is 10.8 Å². The van der Waals surface area contributed by atoms with Crippen molar-refractivity contribution < 1.29 is 9.90 Å². The molecule has 0 spiro atoms. The van der Waals surface area contributed by atoms with Crippen LogP contribution in [0.25, 0.3) is 0 Å². The first-order valence-electron chi connectivity index (χ1n) is 6.38. The maximum absolute atomic E-state index is 12.4. The van der Waals surface area contributed by atoms with Gasteiger partial charge >= 0.3 is 0 Å². The van der Waals surface area contributed by atoms with Gasteiger partial charge in [-0.3, -0.25) is 4.79 Å². The molecule has 1 unspecified atom stereocenters. The van der Waals surface area contributed by atoms with Crippen molar-refractivity contribution in [1.29, 1.82) is 0 Å². The van der Waals surface area contributed by atoms with Gasteiger partial charge in [-0.1, -0.05) is 0 Å². The number of aliphatic hydroxyl groups excluding tert-OH is 1. The number of benzene rings is 1. The molecule has 18 heavy (non-hydrogen) atoms. The van der Waals surface area contributed by atoms with Gasteiger partial charge in [0.25, 0.3) is 5.91 Å². The van der Waals surface area contributed by atoms with Crippen LogP contribution in [0.5, 0.6) is 0 Å². The van der Waals surface area contributed by atoms with Crippen LogP contribution in [0.15, 0.2) is 18.2 Å². The number of aryl methyl sites for hydroxylation is 1. The summed E-state index contributed by atoms with van der Waals surface area (Å²) in [7, 11) is 0. The van der Waals surface area contributed by atoms with Crippen LogP contribution < -0.4 is 5.73 Å². The van der Waals surface area contributed by atoms with Crippen LogP contribution in [0.4, 0.5) is 5.69 Å². The second-order valence-electron chi connectivity index (χ2n) is 4.99. The highest BCUT2D eigenvalue weighted by Gasteiger charge is 2.27. The molecule has 1 aliphatic rings. The van der Waals surface area contributed by atoms with Gasteiger partial charge < -0.3 is 15.7 Å². The number of carbonyl (C=O) groups excluding carboxylic acids is 1. The summed E-state index contributed by atoms with van der Waals surface area (Å²) in [5.41, 5.74) is 8.03. The Kier molecular flexibility index (Phi) is 3.87. The Labute approximate surface area is 107 Å². The number of rotatable bonds is 3. The number of nitrogens with zero attached hydrogens (tertiary/aromatic N) is 1. The zero-order valence-corrected chi connectivity index (χ0v) is 10.7. The van der Waals surface area contributed by atoms with Gasteiger partial charge in [-0.15, -0.1) is 0 Å². The number of likely N-dealkylation sites (tertiary alicyclic amines) is 1. The standard InChI is InChI=1S/C14H20N2O2/c1-10-8-12(15)2-3-13(10)14(18)16-6-4-11(9-16)5-7-17/h2-3,8,11,17H,4-7,9,15H2,1H3. The monoisotopic (exact) mass is 248 g/mol. The maximum Gasteiger partial charge on any atom is 0.254 e. The van der Waals surface area contributed by atoms with E-state index in [2.05, 4.69) is 0 Å². The molecule has 2 rings (SSSR count). The van der Waals surface area contributed by atoms with Gasteiger partial charge in [0, 0.05) is 30.9 Å². The molecule has 4 nitrogen and oxygen atoms in total. The lowest BCUT2D eigenvalue weighted by Gasteiger charge is -2.18. The fourth-order valence-electron chi connectivity index (χ4n) is 2.53. The smallest absolute Gasteiger partial charge is 0.254 e. The SMILES string of the molecule is Cc1cc(N)ccc1C(=O)N1CCC(CCO)C1. The predicted octanol–water partition coefficient (Wildman–Crippen LogP) is 1.42. The molecule has 0 bridgehead atoms. The van der Waals surface area contributed by atoms with E-state index in [1.165, 1.54) is 0 Å². The Morgan fingerprint density at radius 1 is 1.56 bits per heavy atom. The topological polar surface area (TPSA) is 66.6 Å². The predicted molar refractivity (Wildman–Crippen MR) is 71.3 cm³/mol. The molecule has 3 N–H and O–H groups in total. The molecule has 1 amide bonds. The molecule has 1 fully saturated rings. The summed E-state index contributed by atoms with van der Waals surface area (Å²) < 4.78 is 0. The number of amides is 1. The maximum atomic E-state index is 12.4. The Morgan fingerprint density at radius 2 is 2.33 bits per heavy atom. The lowest BCUT2D eigenvalue weighted by molar-refractivity contribution is 0.0784. The quantitative estimate of drug-likeness (QED) is 0.795. The van der Waals surface area contributed by atoms with E-state index in [-0.39, 0.29) is 12.5 Å². The first-order valence-corrected chi connectivity index (χ1v) is 6.38. The second-order valence-corrected chi connectivity index (χ2v) is 4.99. The highest BCUT2D eigenvalue weighted by molar-refractivity contribution is 5.96. The molecule has 98 valence electrons. The lowest BCUT2D eigenvalue weighted by Crippen LogP contribution is -2.29. The van der Waals surface area contributed by atoms with E-state index in [1.54, 1.807) is 12.1 Å². The molecule has 1 aliphatic heterocycles. The highest BCUT2D eigenvalue weighted by Crippen LogP contribution is 2.22. The number of hydrogen-bond donors (Lipinski definition) is 2. The molecule has 4 heteroatoms. The number of nitrogen functional groups attached to an aromatic ring is 1. The van der Waals surface area contributed by atoms with Gasteiger partial charge in [-0.2, -0.15) is 0 Å². The van der Waals surface area contributed by atoms with Crippen LogP contribution in [0.2, 0.25) is 0 Å². The number of anilines is 1. The summed E-state index contributed by atoms with van der Waals surface area (Å²) in [4.78, 5) is 14.2. The van der Waals surface area contributed by atoms with Crippen molar-refractivity contribution in [3.8, 4) is 0 Å². The van der Waals surface area contributed by atoms with Gasteiger partial charge in [0.2, 0.25) is 0 Å². The van der Waals surface area contributed by atoms with E-state index in [1.807, 2.05) is 17.9 Å². The second kappa shape index (κ2) is 5.40. The first-order chi connectivity index (χ1) is 8.61. The Bertz CT molecular complexity index is 445. The van der Waals surface area contributed by atoms with E-state index in [0.29, 0.717) is 11.6 Å². The van der Waals surface area contributed by atoms with Crippen molar-refractivity contribution in [2.45, 2.75) is 19.8 Å². The molecule has 0 radical (unpaired) electrons. The lowest BCUT2D eigenvalue weighted by atomic mass is 10.1. The number of aliphatic hydroxyl groups is 1. The molecule has 0 saturated carbocycles. The van der Waals surface area contributed by atoms with E-state index in [9.17, 15) is 4.79 Å². The minimum absolute atomic E-state index is 0.0768. The van der Waals surface area contributed by atoms with Crippen LogP contribution in [0.1, 0.15) is 28.8 Å². The highest BCUT2D eigenvalue weighted by atomic mass is 16.3. The van der Waals surface area contributed by atoms with Crippen molar-refractivity contribution in [1.82, 2.24) is 4.90 Å². The fourth-order valence-corrected chi connectivity index (χ4v) is 2.53. The van der Waals surface area contributed by atoms with Crippen LogP contribution in [-0.2, 0) is 0 Å². The molecule has 1 aromatic rings. The van der Waals surface area contributed by atoms with Crippen molar-refractivity contribution in [2.24, 2.45) is 5.92 Å². The Hall–Kier alpha value is -1.55. The van der Waals surface area contributed by atoms with E-state index in [0.717, 1.165) is 37.1 Å². The minimum Gasteiger partial charge on any atom is -0.399 e. The number of hydrogen-bond acceptors (Lipinski definition) is 3. The minimum atomic E-state index is 0.0768. The van der Waals surface area contributed by atoms with Crippen molar-refractivity contribution in [2.75, 3.05) is 25.4 Å². The summed E-state index contributed by atoms with van der Waals surface area (Å²) in [5.74, 6) is 0.515. The molecule has 1 heterocycles. The third-order valence-corrected chi connectivity index (χ3v) is 3.59. The largest absolute Gasteiger partial charge is 0.399 e. The Balaban J connectivity index is 2.08. The molecule has 0 aliphatic carbocycles. The van der Waals surface area contributed by atoms with E-state index >= 15 is 0 Å². The van der Waals surface area contributed by atoms with Gasteiger partial charge in [0.15, 0.2) is 0 Å². The summed E-state index contributed by atoms with van der Waals surface area (Å²) in [6.07, 6.45) is 1.77. The molecule has 1 atom stereocenters. The van der Waals surface area contributed by atoms with Gasteiger partial charge in [0.05, 0.1) is 0 Å². The summed E-state index contributed by atoms with van der Waals surface area (Å²) >= 11 is 0. The van der Waals surface area contributed by atoms with Crippen molar-refractivity contribution in [3.63, 3.8) is 0 Å². The summed E-state index contributed by atoms with van der Waals surface area (Å²) in [6.45, 7) is 3.65. The third kappa shape index (κ3) is 2.64. The zero-order valence-electron chi connectivity index (χ0n) is 10.7. The van der Waals surface area contributed by atoms with Gasteiger partial charge in [-0.05, 0) is 49.4 Å². The van der Waals surface area contributed by atoms with Crippen LogP contribution >= 0.6 is 0 Å². The number of carbonyl (C=O) groups is 1. The first kappa shape index (κ1) is 12.9. The van der Waals surface area contributed by atoms with Crippen molar-refractivity contribution >= 4 is 11.6 Å². The van der Waals surface area contributed by atoms with Crippen LogP contribution in [-0.4, -0.2) is 35.6 Å². The fraction of sp³-hybridized carbons (Fsp3) is 0.500. The van der Waals surface area contributed by atoms with E-state index < -0.39 is 0 Å². The average molecular weight is 248 g/mol. The molecular formula is C14H20N2O2. The molecule has 0 aromatic heterocycles. The third-order valence-electron chi connectivity index (χ3n) is 3.59. The van der Waals surface area contributed by atoms with Gasteiger partial charge in [0.1, 0.15) is 0 Å². The van der Waals surface area contributed by atoms with Crippen molar-refractivity contribution in [3.05, 3.63) is 29.3 Å². The average Bonchev–Trinajstić information content (AvgIpc) is 2.77. The Morgan fingerprint density at radius 3 is 3.00 bits per heavy atom. The summed E-state index contributed by atoms with van der Waals surface area (Å²) in [5, 5.41) is 8.93. The van der Waals surface area contributed by atoms with Gasteiger partial charge in [-0.25, -0.2) is 0 Å². The molecular weight excluding hydrogens is 228 g/mol. The van der Waals surface area contributed by atoms with Crippen LogP contribution in [0.3, 0.4) is 0 Å². The zero-order chi connectivity index (χ0) is 13.1. The molecule has 1 saturated heterocycles. The number of nitrogens with two attached hydrogens (primary N) is 1. The molecule has 1 aromatic carbocycles. The normalized spacial score (nSPS) is 19.2. The summed E-state index contributed by atoms with van der Waals surface area (Å²) in [6, 6.07) is 5.39. The van der Waals surface area contributed by atoms with Crippen LogP contribution in [0, 0.1) is 12.8 Å².